The van der Waals surface area contributed by atoms with Crippen molar-refractivity contribution in [2.75, 3.05) is 13.1 Å². The predicted molar refractivity (Wildman–Crippen MR) is 86.3 cm³/mol. The second-order valence-electron chi connectivity index (χ2n) is 5.28. The summed E-state index contributed by atoms with van der Waals surface area (Å²) >= 11 is 3.28. The van der Waals surface area contributed by atoms with Crippen LogP contribution in [0.2, 0.25) is 0 Å². The molecule has 0 aromatic heterocycles. The van der Waals surface area contributed by atoms with Crippen molar-refractivity contribution in [3.05, 3.63) is 28.7 Å². The number of rotatable bonds is 7. The minimum atomic E-state index is -3.44. The molecule has 1 aromatic carbocycles. The topological polar surface area (TPSA) is 49.4 Å². The van der Waals surface area contributed by atoms with E-state index in [1.165, 1.54) is 0 Å². The number of nitrogens with one attached hydrogen (secondary N) is 1. The van der Waals surface area contributed by atoms with Gasteiger partial charge in [-0.05, 0) is 45.9 Å². The molecule has 114 valence electrons. The number of hydrogen-bond acceptors (Lipinski definition) is 3. The van der Waals surface area contributed by atoms with Crippen LogP contribution in [0, 0.1) is 0 Å². The first-order valence-corrected chi connectivity index (χ1v) is 9.02. The first-order chi connectivity index (χ1) is 9.24. The number of benzene rings is 1. The lowest BCUT2D eigenvalue weighted by molar-refractivity contribution is 0.179. The van der Waals surface area contributed by atoms with Crippen molar-refractivity contribution < 1.29 is 8.42 Å². The predicted octanol–water partition coefficient (Wildman–Crippen LogP) is 2.85. The molecule has 0 bridgehead atoms. The Bertz CT molecular complexity index is 522. The van der Waals surface area contributed by atoms with Gasteiger partial charge >= 0.3 is 0 Å². The molecule has 4 nitrogen and oxygen atoms in total. The van der Waals surface area contributed by atoms with Crippen LogP contribution in [0.1, 0.15) is 27.7 Å². The van der Waals surface area contributed by atoms with Crippen molar-refractivity contribution in [3.8, 4) is 0 Å². The summed E-state index contributed by atoms with van der Waals surface area (Å²) in [6.45, 7) is 9.56. The van der Waals surface area contributed by atoms with Gasteiger partial charge in [0, 0.05) is 29.6 Å². The van der Waals surface area contributed by atoms with Crippen LogP contribution in [0.3, 0.4) is 0 Å². The van der Waals surface area contributed by atoms with E-state index in [9.17, 15) is 8.42 Å². The Labute approximate surface area is 130 Å². The summed E-state index contributed by atoms with van der Waals surface area (Å²) in [6, 6.07) is 7.50. The Morgan fingerprint density at radius 3 is 2.30 bits per heavy atom. The molecule has 0 aliphatic carbocycles. The highest BCUT2D eigenvalue weighted by molar-refractivity contribution is 9.10. The number of hydrogen-bond donors (Lipinski definition) is 1. The van der Waals surface area contributed by atoms with Gasteiger partial charge < -0.3 is 0 Å². The number of halogens is 1. The van der Waals surface area contributed by atoms with E-state index in [4.69, 9.17) is 0 Å². The second-order valence-corrected chi connectivity index (χ2v) is 7.96. The second kappa shape index (κ2) is 7.54. The van der Waals surface area contributed by atoms with Crippen molar-refractivity contribution >= 4 is 26.0 Å². The van der Waals surface area contributed by atoms with Gasteiger partial charge in [-0.2, -0.15) is 0 Å². The van der Waals surface area contributed by atoms with Crippen molar-refractivity contribution in [2.45, 2.75) is 44.7 Å². The largest absolute Gasteiger partial charge is 0.297 e. The minimum absolute atomic E-state index is 0.285. The lowest BCUT2D eigenvalue weighted by Crippen LogP contribution is -2.42. The maximum Gasteiger partial charge on any atom is 0.240 e. The first kappa shape index (κ1) is 17.6. The van der Waals surface area contributed by atoms with E-state index in [2.05, 4.69) is 53.2 Å². The standard InChI is InChI=1S/C14H23BrN2O2S/c1-11(2)17(12(3)4)9-8-16-20(18,19)14-7-5-6-13(15)10-14/h5-7,10-12,16H,8-9H2,1-4H3. The van der Waals surface area contributed by atoms with Crippen LogP contribution in [0.5, 0.6) is 0 Å². The van der Waals surface area contributed by atoms with Crippen LogP contribution in [-0.2, 0) is 10.0 Å². The van der Waals surface area contributed by atoms with E-state index in [0.717, 1.165) is 4.47 Å². The van der Waals surface area contributed by atoms with Gasteiger partial charge in [0.1, 0.15) is 0 Å². The van der Waals surface area contributed by atoms with E-state index in [1.807, 2.05) is 0 Å². The molecule has 1 aromatic rings. The molecule has 20 heavy (non-hydrogen) atoms. The molecule has 0 fully saturated rings. The van der Waals surface area contributed by atoms with E-state index >= 15 is 0 Å². The molecule has 0 heterocycles. The fourth-order valence-electron chi connectivity index (χ4n) is 2.14. The average Bonchev–Trinajstić information content (AvgIpc) is 2.33. The fraction of sp³-hybridized carbons (Fsp3) is 0.571. The molecule has 0 aliphatic rings. The molecule has 0 unspecified atom stereocenters. The van der Waals surface area contributed by atoms with Crippen LogP contribution < -0.4 is 4.72 Å². The van der Waals surface area contributed by atoms with Crippen LogP contribution in [0.25, 0.3) is 0 Å². The van der Waals surface area contributed by atoms with Crippen LogP contribution in [0.4, 0.5) is 0 Å². The third kappa shape index (κ3) is 5.16. The van der Waals surface area contributed by atoms with Gasteiger partial charge in [-0.15, -0.1) is 0 Å². The Kier molecular flexibility index (Phi) is 6.64. The number of nitrogens with zero attached hydrogens (tertiary/aromatic N) is 1. The Morgan fingerprint density at radius 1 is 1.20 bits per heavy atom. The van der Waals surface area contributed by atoms with Gasteiger partial charge in [0.15, 0.2) is 0 Å². The molecule has 1 N–H and O–H groups in total. The smallest absolute Gasteiger partial charge is 0.240 e. The van der Waals surface area contributed by atoms with Crippen LogP contribution in [-0.4, -0.2) is 38.5 Å². The molecule has 0 spiro atoms. The molecule has 6 heteroatoms. The van der Waals surface area contributed by atoms with Gasteiger partial charge in [0.2, 0.25) is 10.0 Å². The molecule has 1 rings (SSSR count). The van der Waals surface area contributed by atoms with Crippen LogP contribution in [0.15, 0.2) is 33.6 Å². The van der Waals surface area contributed by atoms with Crippen molar-refractivity contribution in [2.24, 2.45) is 0 Å². The zero-order valence-electron chi connectivity index (χ0n) is 12.4. The van der Waals surface area contributed by atoms with E-state index < -0.39 is 10.0 Å². The van der Waals surface area contributed by atoms with Gasteiger partial charge in [-0.3, -0.25) is 4.90 Å². The van der Waals surface area contributed by atoms with E-state index in [1.54, 1.807) is 24.3 Å². The highest BCUT2D eigenvalue weighted by Crippen LogP contribution is 2.15. The van der Waals surface area contributed by atoms with Gasteiger partial charge in [0.05, 0.1) is 4.90 Å². The Balaban J connectivity index is 2.65. The summed E-state index contributed by atoms with van der Waals surface area (Å²) < 4.78 is 27.7. The van der Waals surface area contributed by atoms with Crippen LogP contribution >= 0.6 is 15.9 Å². The fourth-order valence-corrected chi connectivity index (χ4v) is 3.76. The SMILES string of the molecule is CC(C)N(CCNS(=O)(=O)c1cccc(Br)c1)C(C)C. The molecule has 0 aliphatic heterocycles. The average molecular weight is 363 g/mol. The summed E-state index contributed by atoms with van der Waals surface area (Å²) in [5, 5.41) is 0. The summed E-state index contributed by atoms with van der Waals surface area (Å²) in [7, 11) is -3.44. The number of sulfonamides is 1. The Hall–Kier alpha value is -0.430. The molecule has 0 saturated carbocycles. The molecule has 0 amide bonds. The molecule has 0 radical (unpaired) electrons. The lowest BCUT2D eigenvalue weighted by Gasteiger charge is -2.30. The molecule has 0 atom stereocenters. The van der Waals surface area contributed by atoms with E-state index in [0.29, 0.717) is 25.2 Å². The lowest BCUT2D eigenvalue weighted by atomic mass is 10.2. The normalized spacial score (nSPS) is 12.6. The van der Waals surface area contributed by atoms with Gasteiger partial charge in [-0.1, -0.05) is 22.0 Å². The van der Waals surface area contributed by atoms with E-state index in [-0.39, 0.29) is 4.90 Å². The highest BCUT2D eigenvalue weighted by atomic mass is 79.9. The third-order valence-electron chi connectivity index (χ3n) is 3.10. The van der Waals surface area contributed by atoms with Gasteiger partial charge in [-0.25, -0.2) is 13.1 Å². The summed E-state index contributed by atoms with van der Waals surface area (Å²) in [6.07, 6.45) is 0. The van der Waals surface area contributed by atoms with Crippen molar-refractivity contribution in [1.29, 1.82) is 0 Å². The summed E-state index contributed by atoms with van der Waals surface area (Å²) in [5.74, 6) is 0. The monoisotopic (exact) mass is 362 g/mol. The van der Waals surface area contributed by atoms with Crippen molar-refractivity contribution in [3.63, 3.8) is 0 Å². The minimum Gasteiger partial charge on any atom is -0.297 e. The van der Waals surface area contributed by atoms with Gasteiger partial charge in [0.25, 0.3) is 0 Å². The molecular weight excluding hydrogens is 340 g/mol. The highest BCUT2D eigenvalue weighted by Gasteiger charge is 2.16. The zero-order valence-corrected chi connectivity index (χ0v) is 14.8. The molecular formula is C14H23BrN2O2S. The summed E-state index contributed by atoms with van der Waals surface area (Å²) in [5.41, 5.74) is 0. The first-order valence-electron chi connectivity index (χ1n) is 6.75. The quantitative estimate of drug-likeness (QED) is 0.811. The summed E-state index contributed by atoms with van der Waals surface area (Å²) in [4.78, 5) is 2.54. The third-order valence-corrected chi connectivity index (χ3v) is 5.05. The molecule has 0 saturated heterocycles. The van der Waals surface area contributed by atoms with Crippen molar-refractivity contribution in [1.82, 2.24) is 9.62 Å². The maximum absolute atomic E-state index is 12.2. The zero-order chi connectivity index (χ0) is 15.3. The Morgan fingerprint density at radius 2 is 1.80 bits per heavy atom. The maximum atomic E-state index is 12.2.